The van der Waals surface area contributed by atoms with E-state index in [1.54, 1.807) is 0 Å². The van der Waals surface area contributed by atoms with Gasteiger partial charge in [-0.15, -0.1) is 0 Å². The maximum atomic E-state index is 12.6. The number of carbonyl (C=O) groups excluding carboxylic acids is 2. The Hall–Kier alpha value is -2.03. The Morgan fingerprint density at radius 3 is 1.40 bits per heavy atom. The highest BCUT2D eigenvalue weighted by molar-refractivity contribution is 7.47. The third kappa shape index (κ3) is 43.4. The van der Waals surface area contributed by atoms with Gasteiger partial charge in [-0.05, 0) is 77.0 Å². The van der Waals surface area contributed by atoms with Gasteiger partial charge < -0.3 is 20.1 Å². The van der Waals surface area contributed by atoms with Gasteiger partial charge in [0.1, 0.15) is 6.61 Å². The monoisotopic (exact) mass is 824 g/mol. The lowest BCUT2D eigenvalue weighted by atomic mass is 10.1. The second-order valence-electron chi connectivity index (χ2n) is 15.3. The highest BCUT2D eigenvalue weighted by Gasteiger charge is 2.26. The van der Waals surface area contributed by atoms with Gasteiger partial charge in [-0.2, -0.15) is 0 Å². The van der Waals surface area contributed by atoms with Gasteiger partial charge in [0.2, 0.25) is 0 Å². The number of ether oxygens (including phenoxy) is 2. The van der Waals surface area contributed by atoms with Crippen molar-refractivity contribution in [2.24, 2.45) is 5.73 Å². The van der Waals surface area contributed by atoms with E-state index in [9.17, 15) is 19.0 Å². The average Bonchev–Trinajstić information content (AvgIpc) is 3.20. The molecule has 0 aromatic heterocycles. The fourth-order valence-electron chi connectivity index (χ4n) is 6.22. The summed E-state index contributed by atoms with van der Waals surface area (Å²) in [7, 11) is -4.39. The molecule has 2 atom stereocenters. The Labute approximate surface area is 349 Å². The molecule has 3 N–H and O–H groups in total. The molecule has 0 aliphatic heterocycles. The molecule has 0 radical (unpaired) electrons. The van der Waals surface area contributed by atoms with Gasteiger partial charge in [0.05, 0.1) is 13.2 Å². The minimum Gasteiger partial charge on any atom is -0.462 e. The van der Waals surface area contributed by atoms with Crippen LogP contribution in [0.15, 0.2) is 48.6 Å². The van der Waals surface area contributed by atoms with E-state index < -0.39 is 32.5 Å². The van der Waals surface area contributed by atoms with Gasteiger partial charge >= 0.3 is 19.8 Å². The minimum absolute atomic E-state index is 0.0482. The second kappa shape index (κ2) is 43.5. The molecule has 9 nitrogen and oxygen atoms in total. The van der Waals surface area contributed by atoms with Crippen molar-refractivity contribution in [3.63, 3.8) is 0 Å². The van der Waals surface area contributed by atoms with E-state index in [-0.39, 0.29) is 32.6 Å². The quantitative estimate of drug-likeness (QED) is 0.0267. The summed E-state index contributed by atoms with van der Waals surface area (Å²) in [6, 6.07) is 0. The molecule has 0 saturated heterocycles. The molecule has 1 unspecified atom stereocenters. The Bertz CT molecular complexity index is 1080. The summed E-state index contributed by atoms with van der Waals surface area (Å²) in [5.41, 5.74) is 5.35. The van der Waals surface area contributed by atoms with Gasteiger partial charge in [0, 0.05) is 19.4 Å². The van der Waals surface area contributed by atoms with Crippen molar-refractivity contribution < 1.29 is 37.6 Å². The van der Waals surface area contributed by atoms with E-state index in [4.69, 9.17) is 24.3 Å². The third-order valence-corrected chi connectivity index (χ3v) is 10.7. The van der Waals surface area contributed by atoms with Crippen LogP contribution in [0.2, 0.25) is 0 Å². The first-order valence-electron chi connectivity index (χ1n) is 23.1. The first-order chi connectivity index (χ1) is 27.8. The van der Waals surface area contributed by atoms with Crippen LogP contribution in [-0.2, 0) is 32.7 Å². The number of carbonyl (C=O) groups is 2. The summed E-state index contributed by atoms with van der Waals surface area (Å²) in [6.07, 6.45) is 49.9. The number of rotatable bonds is 43. The van der Waals surface area contributed by atoms with Crippen molar-refractivity contribution in [1.29, 1.82) is 0 Å². The highest BCUT2D eigenvalue weighted by Crippen LogP contribution is 2.43. The largest absolute Gasteiger partial charge is 0.472 e. The van der Waals surface area contributed by atoms with Crippen molar-refractivity contribution in [3.05, 3.63) is 48.6 Å². The highest BCUT2D eigenvalue weighted by atomic mass is 31.2. The van der Waals surface area contributed by atoms with Crippen LogP contribution in [0.3, 0.4) is 0 Å². The molecule has 57 heavy (non-hydrogen) atoms. The normalized spacial score (nSPS) is 13.7. The first-order valence-corrected chi connectivity index (χ1v) is 24.6. The molecule has 10 heteroatoms. The summed E-state index contributed by atoms with van der Waals surface area (Å²) in [5.74, 6) is -0.857. The molecule has 0 fully saturated rings. The molecule has 0 spiro atoms. The van der Waals surface area contributed by atoms with E-state index in [1.807, 2.05) is 0 Å². The zero-order chi connectivity index (χ0) is 41.8. The number of hydrogen-bond donors (Lipinski definition) is 2. The number of allylic oxidation sites excluding steroid dienone is 8. The minimum atomic E-state index is -4.39. The van der Waals surface area contributed by atoms with Crippen LogP contribution in [0.4, 0.5) is 0 Å². The lowest BCUT2D eigenvalue weighted by Crippen LogP contribution is -2.29. The summed E-state index contributed by atoms with van der Waals surface area (Å²) in [5, 5.41) is 0. The van der Waals surface area contributed by atoms with E-state index in [0.29, 0.717) is 12.8 Å². The van der Waals surface area contributed by atoms with Crippen molar-refractivity contribution in [2.75, 3.05) is 26.4 Å². The smallest absolute Gasteiger partial charge is 0.462 e. The van der Waals surface area contributed by atoms with Crippen LogP contribution in [-0.4, -0.2) is 49.3 Å². The van der Waals surface area contributed by atoms with Crippen LogP contribution in [0.1, 0.15) is 206 Å². The van der Waals surface area contributed by atoms with Crippen LogP contribution in [0, 0.1) is 0 Å². The molecule has 0 saturated carbocycles. The maximum Gasteiger partial charge on any atom is 0.472 e. The van der Waals surface area contributed by atoms with Gasteiger partial charge in [0.25, 0.3) is 0 Å². The topological polar surface area (TPSA) is 134 Å². The predicted octanol–water partition coefficient (Wildman–Crippen LogP) is 13.5. The molecular formula is C47H86NO8P. The Balaban J connectivity index is 4.16. The van der Waals surface area contributed by atoms with Crippen LogP contribution >= 0.6 is 7.82 Å². The molecule has 332 valence electrons. The number of hydrogen-bond acceptors (Lipinski definition) is 8. The fraction of sp³-hybridized carbons (Fsp3) is 0.787. The molecule has 0 aliphatic rings. The molecule has 0 aromatic rings. The number of nitrogens with two attached hydrogens (primary N) is 1. The van der Waals surface area contributed by atoms with Crippen molar-refractivity contribution in [3.8, 4) is 0 Å². The maximum absolute atomic E-state index is 12.6. The molecule has 0 aliphatic carbocycles. The molecule has 0 bridgehead atoms. The summed E-state index contributed by atoms with van der Waals surface area (Å²) in [6.45, 7) is 3.68. The van der Waals surface area contributed by atoms with Crippen molar-refractivity contribution in [1.82, 2.24) is 0 Å². The van der Waals surface area contributed by atoms with Crippen LogP contribution in [0.25, 0.3) is 0 Å². The van der Waals surface area contributed by atoms with Crippen LogP contribution in [0.5, 0.6) is 0 Å². The van der Waals surface area contributed by atoms with Gasteiger partial charge in [0.15, 0.2) is 6.10 Å². The third-order valence-electron chi connectivity index (χ3n) is 9.69. The Morgan fingerprint density at radius 1 is 0.526 bits per heavy atom. The lowest BCUT2D eigenvalue weighted by Gasteiger charge is -2.19. The zero-order valence-electron chi connectivity index (χ0n) is 36.6. The van der Waals surface area contributed by atoms with Gasteiger partial charge in [-0.3, -0.25) is 18.6 Å². The van der Waals surface area contributed by atoms with E-state index in [0.717, 1.165) is 64.2 Å². The standard InChI is InChI=1S/C47H86NO8P/c1-3-5-7-9-11-13-15-17-19-21-22-24-26-28-30-32-34-36-38-40-47(50)56-45(44-55-57(51,52)54-42-41-48)43-53-46(49)39-37-35-33-31-29-27-25-23-20-18-16-14-12-10-8-6-4-2/h12,14,18,20-22,25,27,45H,3-11,13,15-17,19,23-24,26,28-44,48H2,1-2H3,(H,51,52)/b14-12-,20-18-,22-21-,27-25-/t45-/m1/s1. The molecule has 0 amide bonds. The summed E-state index contributed by atoms with van der Waals surface area (Å²) < 4.78 is 32.8. The Morgan fingerprint density at radius 2 is 0.912 bits per heavy atom. The number of phosphoric acid groups is 1. The van der Waals surface area contributed by atoms with E-state index >= 15 is 0 Å². The first kappa shape index (κ1) is 55.0. The molecule has 0 rings (SSSR count). The van der Waals surface area contributed by atoms with Crippen molar-refractivity contribution in [2.45, 2.75) is 213 Å². The SMILES string of the molecule is CCCCC/C=C\C/C=C\C/C=C\CCCCCCC(=O)OC[C@H](COP(=O)(O)OCCN)OC(=O)CCCCCCCCC/C=C\CCCCCCCCCC. The van der Waals surface area contributed by atoms with E-state index in [2.05, 4.69) is 62.5 Å². The summed E-state index contributed by atoms with van der Waals surface area (Å²) >= 11 is 0. The number of esters is 2. The van der Waals surface area contributed by atoms with Crippen LogP contribution < -0.4 is 5.73 Å². The number of unbranched alkanes of at least 4 members (excludes halogenated alkanes) is 22. The summed E-state index contributed by atoms with van der Waals surface area (Å²) in [4.78, 5) is 34.9. The predicted molar refractivity (Wildman–Crippen MR) is 238 cm³/mol. The van der Waals surface area contributed by atoms with Gasteiger partial charge in [-0.25, -0.2) is 4.57 Å². The van der Waals surface area contributed by atoms with Crippen molar-refractivity contribution >= 4 is 19.8 Å². The van der Waals surface area contributed by atoms with Gasteiger partial charge in [-0.1, -0.05) is 165 Å². The lowest BCUT2D eigenvalue weighted by molar-refractivity contribution is -0.161. The molecule has 0 aromatic carbocycles. The second-order valence-corrected chi connectivity index (χ2v) is 16.7. The zero-order valence-corrected chi connectivity index (χ0v) is 37.5. The Kier molecular flexibility index (Phi) is 42.0. The molecule has 0 heterocycles. The average molecular weight is 824 g/mol. The van der Waals surface area contributed by atoms with E-state index in [1.165, 1.54) is 103 Å². The number of phosphoric ester groups is 1. The molecular weight excluding hydrogens is 737 g/mol. The fourth-order valence-corrected chi connectivity index (χ4v) is 6.99.